The molecule has 1 aromatic carbocycles. The van der Waals surface area contributed by atoms with E-state index in [1.165, 1.54) is 12.1 Å². The number of hydrogen-bond donors (Lipinski definition) is 2. The Morgan fingerprint density at radius 1 is 1.29 bits per heavy atom. The number of aromatic carboxylic acids is 1. The molecule has 90 valence electrons. The highest BCUT2D eigenvalue weighted by Gasteiger charge is 2.00. The van der Waals surface area contributed by atoms with Crippen molar-refractivity contribution in [3.8, 4) is 0 Å². The van der Waals surface area contributed by atoms with Crippen LogP contribution in [0.5, 0.6) is 0 Å². The molecule has 0 saturated heterocycles. The Labute approximate surface area is 99.2 Å². The number of benzene rings is 1. The summed E-state index contributed by atoms with van der Waals surface area (Å²) in [7, 11) is 0. The van der Waals surface area contributed by atoms with Gasteiger partial charge in [0.15, 0.2) is 0 Å². The summed E-state index contributed by atoms with van der Waals surface area (Å²) in [6, 6.07) is 6.30. The Kier molecular flexibility index (Phi) is 5.43. The van der Waals surface area contributed by atoms with Crippen molar-refractivity contribution in [3.05, 3.63) is 29.8 Å². The molecular formula is C12H14N2O3. The number of carboxylic acids is 1. The molecule has 0 fully saturated rings. The molecular weight excluding hydrogens is 220 g/mol. The minimum absolute atomic E-state index is 0.241. The molecule has 0 aliphatic heterocycles. The number of aldehydes is 1. The molecule has 0 aliphatic carbocycles. The zero-order valence-electron chi connectivity index (χ0n) is 9.30. The van der Waals surface area contributed by atoms with E-state index >= 15 is 0 Å². The fourth-order valence-electron chi connectivity index (χ4n) is 1.16. The highest BCUT2D eigenvalue weighted by atomic mass is 16.4. The van der Waals surface area contributed by atoms with Crippen molar-refractivity contribution in [2.45, 2.75) is 19.3 Å². The molecule has 5 heteroatoms. The van der Waals surface area contributed by atoms with Crippen LogP contribution >= 0.6 is 0 Å². The third kappa shape index (κ3) is 4.92. The monoisotopic (exact) mass is 234 g/mol. The zero-order chi connectivity index (χ0) is 12.5. The number of nitrogens with zero attached hydrogens (tertiary/aromatic N) is 1. The van der Waals surface area contributed by atoms with E-state index in [4.69, 9.17) is 5.11 Å². The lowest BCUT2D eigenvalue weighted by Gasteiger charge is -2.00. The van der Waals surface area contributed by atoms with Crippen LogP contribution in [-0.4, -0.2) is 23.6 Å². The van der Waals surface area contributed by atoms with E-state index in [0.717, 1.165) is 24.8 Å². The van der Waals surface area contributed by atoms with Crippen molar-refractivity contribution in [1.29, 1.82) is 0 Å². The number of rotatable bonds is 7. The molecule has 0 radical (unpaired) electrons. The first-order valence-electron chi connectivity index (χ1n) is 5.28. The molecule has 0 saturated carbocycles. The average Bonchev–Trinajstić information content (AvgIpc) is 2.34. The van der Waals surface area contributed by atoms with Gasteiger partial charge in [-0.25, -0.2) is 4.79 Å². The predicted molar refractivity (Wildman–Crippen MR) is 65.4 cm³/mol. The van der Waals surface area contributed by atoms with Crippen LogP contribution in [0.2, 0.25) is 0 Å². The van der Waals surface area contributed by atoms with Crippen LogP contribution in [0.25, 0.3) is 0 Å². The van der Waals surface area contributed by atoms with Gasteiger partial charge in [-0.15, -0.1) is 0 Å². The summed E-state index contributed by atoms with van der Waals surface area (Å²) in [4.78, 5) is 20.6. The molecule has 0 heterocycles. The van der Waals surface area contributed by atoms with Crippen molar-refractivity contribution < 1.29 is 14.7 Å². The standard InChI is InChI=1S/C12H14N2O3/c15-9-3-1-2-8-13-14-11-6-4-10(5-7-11)12(16)17/h4-9,14H,1-3H2,(H,16,17). The number of nitrogens with one attached hydrogen (secondary N) is 1. The molecule has 0 spiro atoms. The number of hydrogen-bond acceptors (Lipinski definition) is 4. The maximum absolute atomic E-state index is 10.6. The zero-order valence-corrected chi connectivity index (χ0v) is 9.30. The van der Waals surface area contributed by atoms with E-state index in [2.05, 4.69) is 10.5 Å². The number of carboxylic acid groups (broad SMARTS) is 1. The number of carbonyl (C=O) groups excluding carboxylic acids is 1. The second kappa shape index (κ2) is 7.16. The SMILES string of the molecule is O=CCCCC=NNc1ccc(C(=O)O)cc1. The van der Waals surface area contributed by atoms with Crippen LogP contribution in [0.3, 0.4) is 0 Å². The smallest absolute Gasteiger partial charge is 0.335 e. The summed E-state index contributed by atoms with van der Waals surface area (Å²) >= 11 is 0. The molecule has 0 aliphatic rings. The third-order valence-corrected chi connectivity index (χ3v) is 2.07. The van der Waals surface area contributed by atoms with Crippen LogP contribution in [0.15, 0.2) is 29.4 Å². The second-order valence-electron chi connectivity index (χ2n) is 3.40. The van der Waals surface area contributed by atoms with Crippen LogP contribution in [0.1, 0.15) is 29.6 Å². The van der Waals surface area contributed by atoms with Crippen molar-refractivity contribution >= 4 is 24.2 Å². The number of carbonyl (C=O) groups is 2. The van der Waals surface area contributed by atoms with Gasteiger partial charge in [0.2, 0.25) is 0 Å². The molecule has 0 aromatic heterocycles. The molecule has 0 amide bonds. The van der Waals surface area contributed by atoms with Gasteiger partial charge in [-0.05, 0) is 37.1 Å². The molecule has 17 heavy (non-hydrogen) atoms. The minimum Gasteiger partial charge on any atom is -0.478 e. The van der Waals surface area contributed by atoms with Gasteiger partial charge < -0.3 is 9.90 Å². The Morgan fingerprint density at radius 2 is 2.00 bits per heavy atom. The number of anilines is 1. The average molecular weight is 234 g/mol. The lowest BCUT2D eigenvalue weighted by atomic mass is 10.2. The van der Waals surface area contributed by atoms with Crippen LogP contribution in [0.4, 0.5) is 5.69 Å². The van der Waals surface area contributed by atoms with Crippen molar-refractivity contribution in [2.75, 3.05) is 5.43 Å². The van der Waals surface area contributed by atoms with Gasteiger partial charge in [-0.2, -0.15) is 5.10 Å². The first kappa shape index (κ1) is 12.9. The number of hydrazone groups is 1. The third-order valence-electron chi connectivity index (χ3n) is 2.07. The van der Waals surface area contributed by atoms with Gasteiger partial charge in [-0.3, -0.25) is 5.43 Å². The lowest BCUT2D eigenvalue weighted by molar-refractivity contribution is -0.107. The van der Waals surface area contributed by atoms with Crippen molar-refractivity contribution in [1.82, 2.24) is 0 Å². The van der Waals surface area contributed by atoms with E-state index in [1.807, 2.05) is 0 Å². The Balaban J connectivity index is 2.36. The van der Waals surface area contributed by atoms with Gasteiger partial charge in [0.05, 0.1) is 11.3 Å². The van der Waals surface area contributed by atoms with Crippen molar-refractivity contribution in [3.63, 3.8) is 0 Å². The highest BCUT2D eigenvalue weighted by molar-refractivity contribution is 5.88. The topological polar surface area (TPSA) is 78.8 Å². The highest BCUT2D eigenvalue weighted by Crippen LogP contribution is 2.09. The summed E-state index contributed by atoms with van der Waals surface area (Å²) in [5.74, 6) is -0.950. The Morgan fingerprint density at radius 3 is 2.59 bits per heavy atom. The van der Waals surface area contributed by atoms with E-state index in [0.29, 0.717) is 6.42 Å². The predicted octanol–water partition coefficient (Wildman–Crippen LogP) is 2.15. The van der Waals surface area contributed by atoms with E-state index in [1.54, 1.807) is 18.3 Å². The molecule has 5 nitrogen and oxygen atoms in total. The normalized spacial score (nSPS) is 10.4. The summed E-state index contributed by atoms with van der Waals surface area (Å²) in [6.07, 6.45) is 4.63. The van der Waals surface area contributed by atoms with Crippen molar-refractivity contribution in [2.24, 2.45) is 5.10 Å². The maximum atomic E-state index is 10.6. The molecule has 0 unspecified atom stereocenters. The van der Waals surface area contributed by atoms with E-state index in [9.17, 15) is 9.59 Å². The summed E-state index contributed by atoms with van der Waals surface area (Å²) < 4.78 is 0. The fourth-order valence-corrected chi connectivity index (χ4v) is 1.16. The lowest BCUT2D eigenvalue weighted by Crippen LogP contribution is -1.96. The molecule has 2 N–H and O–H groups in total. The van der Waals surface area contributed by atoms with Gasteiger partial charge in [-0.1, -0.05) is 0 Å². The summed E-state index contributed by atoms with van der Waals surface area (Å²) in [6.45, 7) is 0. The van der Waals surface area contributed by atoms with Gasteiger partial charge >= 0.3 is 5.97 Å². The molecule has 0 atom stereocenters. The van der Waals surface area contributed by atoms with E-state index < -0.39 is 5.97 Å². The van der Waals surface area contributed by atoms with Gasteiger partial charge in [0, 0.05) is 12.6 Å². The van der Waals surface area contributed by atoms with Crippen LogP contribution < -0.4 is 5.43 Å². The minimum atomic E-state index is -0.950. The van der Waals surface area contributed by atoms with E-state index in [-0.39, 0.29) is 5.56 Å². The summed E-state index contributed by atoms with van der Waals surface area (Å²) in [5, 5.41) is 12.6. The second-order valence-corrected chi connectivity index (χ2v) is 3.40. The quantitative estimate of drug-likeness (QED) is 0.328. The van der Waals surface area contributed by atoms with Crippen LogP contribution in [-0.2, 0) is 4.79 Å². The first-order valence-corrected chi connectivity index (χ1v) is 5.28. The maximum Gasteiger partial charge on any atom is 0.335 e. The molecule has 0 bridgehead atoms. The fraction of sp³-hybridized carbons (Fsp3) is 0.250. The van der Waals surface area contributed by atoms with Gasteiger partial charge in [0.25, 0.3) is 0 Å². The first-order chi connectivity index (χ1) is 8.24. The molecule has 1 rings (SSSR count). The molecule has 1 aromatic rings. The van der Waals surface area contributed by atoms with Crippen LogP contribution in [0, 0.1) is 0 Å². The van der Waals surface area contributed by atoms with Gasteiger partial charge in [0.1, 0.15) is 6.29 Å². The Bertz CT molecular complexity index is 399. The Hall–Kier alpha value is -2.17. The largest absolute Gasteiger partial charge is 0.478 e. The summed E-state index contributed by atoms with van der Waals surface area (Å²) in [5.41, 5.74) is 3.74. The number of unbranched alkanes of at least 4 members (excludes halogenated alkanes) is 2.